The zero-order valence-electron chi connectivity index (χ0n) is 10.0. The third-order valence-electron chi connectivity index (χ3n) is 3.54. The van der Waals surface area contributed by atoms with Gasteiger partial charge in [0.25, 0.3) is 0 Å². The highest BCUT2D eigenvalue weighted by Gasteiger charge is 2.34. The first-order valence-corrected chi connectivity index (χ1v) is 6.96. The quantitative estimate of drug-likeness (QED) is 0.877. The van der Waals surface area contributed by atoms with Crippen LogP contribution in [0.3, 0.4) is 0 Å². The van der Waals surface area contributed by atoms with E-state index < -0.39 is 0 Å². The number of thiazole rings is 1. The van der Waals surface area contributed by atoms with Crippen molar-refractivity contribution in [3.63, 3.8) is 0 Å². The van der Waals surface area contributed by atoms with Gasteiger partial charge < -0.3 is 10.1 Å². The van der Waals surface area contributed by atoms with E-state index in [-0.39, 0.29) is 5.60 Å². The Balaban J connectivity index is 1.96. The van der Waals surface area contributed by atoms with Crippen LogP contribution in [0.2, 0.25) is 0 Å². The predicted molar refractivity (Wildman–Crippen MR) is 68.0 cm³/mol. The summed E-state index contributed by atoms with van der Waals surface area (Å²) in [5, 5.41) is 6.56. The van der Waals surface area contributed by atoms with E-state index in [1.807, 2.05) is 11.6 Å². The Bertz CT molecular complexity index is 309. The van der Waals surface area contributed by atoms with Crippen molar-refractivity contribution in [2.75, 3.05) is 11.9 Å². The highest BCUT2D eigenvalue weighted by Crippen LogP contribution is 2.32. The SMILES string of the molecule is CCC1(CC)CC(Nc2nccs2)CCO1. The molecule has 0 spiro atoms. The molecule has 1 aliphatic rings. The summed E-state index contributed by atoms with van der Waals surface area (Å²) < 4.78 is 5.96. The third kappa shape index (κ3) is 2.55. The van der Waals surface area contributed by atoms with E-state index in [2.05, 4.69) is 24.1 Å². The molecule has 4 heteroatoms. The maximum absolute atomic E-state index is 5.96. The lowest BCUT2D eigenvalue weighted by atomic mass is 9.86. The highest BCUT2D eigenvalue weighted by atomic mass is 32.1. The van der Waals surface area contributed by atoms with Gasteiger partial charge in [0, 0.05) is 24.2 Å². The Morgan fingerprint density at radius 3 is 3.00 bits per heavy atom. The summed E-state index contributed by atoms with van der Waals surface area (Å²) in [6.07, 6.45) is 6.22. The Hall–Kier alpha value is -0.610. The molecule has 0 amide bonds. The molecule has 1 atom stereocenters. The molecule has 1 fully saturated rings. The van der Waals surface area contributed by atoms with E-state index >= 15 is 0 Å². The minimum Gasteiger partial charge on any atom is -0.375 e. The van der Waals surface area contributed by atoms with Gasteiger partial charge in [0.15, 0.2) is 5.13 Å². The van der Waals surface area contributed by atoms with Gasteiger partial charge in [-0.25, -0.2) is 4.98 Å². The van der Waals surface area contributed by atoms with Crippen molar-refractivity contribution >= 4 is 16.5 Å². The normalized spacial score (nSPS) is 24.2. The summed E-state index contributed by atoms with van der Waals surface area (Å²) in [6, 6.07) is 0.514. The van der Waals surface area contributed by atoms with Gasteiger partial charge in [-0.2, -0.15) is 0 Å². The molecule has 0 aliphatic carbocycles. The molecule has 1 aromatic heterocycles. The Labute approximate surface area is 101 Å². The van der Waals surface area contributed by atoms with Crippen LogP contribution in [0.25, 0.3) is 0 Å². The summed E-state index contributed by atoms with van der Waals surface area (Å²) in [5.41, 5.74) is 0.0905. The lowest BCUT2D eigenvalue weighted by molar-refractivity contribution is -0.0864. The molecule has 1 aromatic rings. The van der Waals surface area contributed by atoms with Gasteiger partial charge in [-0.15, -0.1) is 11.3 Å². The van der Waals surface area contributed by atoms with Gasteiger partial charge in [-0.3, -0.25) is 0 Å². The van der Waals surface area contributed by atoms with Crippen LogP contribution in [-0.4, -0.2) is 23.2 Å². The second-order valence-corrected chi connectivity index (χ2v) is 5.30. The third-order valence-corrected chi connectivity index (χ3v) is 4.25. The van der Waals surface area contributed by atoms with E-state index in [4.69, 9.17) is 4.74 Å². The Morgan fingerprint density at radius 2 is 2.38 bits per heavy atom. The fourth-order valence-electron chi connectivity index (χ4n) is 2.36. The smallest absolute Gasteiger partial charge is 0.182 e. The van der Waals surface area contributed by atoms with Gasteiger partial charge in [0.05, 0.1) is 5.60 Å². The van der Waals surface area contributed by atoms with E-state index in [0.717, 1.165) is 37.4 Å². The van der Waals surface area contributed by atoms with Crippen LogP contribution in [0, 0.1) is 0 Å². The molecule has 1 unspecified atom stereocenters. The zero-order chi connectivity index (χ0) is 11.4. The van der Waals surface area contributed by atoms with Gasteiger partial charge >= 0.3 is 0 Å². The molecule has 2 heterocycles. The van der Waals surface area contributed by atoms with Crippen molar-refractivity contribution in [3.05, 3.63) is 11.6 Å². The summed E-state index contributed by atoms with van der Waals surface area (Å²) >= 11 is 1.67. The van der Waals surface area contributed by atoms with Crippen LogP contribution in [-0.2, 0) is 4.74 Å². The predicted octanol–water partition coefficient (Wildman–Crippen LogP) is 3.29. The molecule has 0 bridgehead atoms. The van der Waals surface area contributed by atoms with Gasteiger partial charge in [-0.05, 0) is 25.7 Å². The number of nitrogens with one attached hydrogen (secondary N) is 1. The van der Waals surface area contributed by atoms with Crippen LogP contribution in [0.15, 0.2) is 11.6 Å². The molecule has 0 aromatic carbocycles. The van der Waals surface area contributed by atoms with Crippen LogP contribution < -0.4 is 5.32 Å². The van der Waals surface area contributed by atoms with Crippen LogP contribution in [0.4, 0.5) is 5.13 Å². The average molecular weight is 240 g/mol. The van der Waals surface area contributed by atoms with Crippen molar-refractivity contribution in [1.29, 1.82) is 0 Å². The van der Waals surface area contributed by atoms with E-state index in [0.29, 0.717) is 6.04 Å². The summed E-state index contributed by atoms with van der Waals surface area (Å²) in [7, 11) is 0. The number of rotatable bonds is 4. The fraction of sp³-hybridized carbons (Fsp3) is 0.750. The van der Waals surface area contributed by atoms with Crippen molar-refractivity contribution < 1.29 is 4.74 Å². The molecular formula is C12H20N2OS. The topological polar surface area (TPSA) is 34.2 Å². The average Bonchev–Trinajstić information content (AvgIpc) is 2.82. The zero-order valence-corrected chi connectivity index (χ0v) is 10.8. The molecule has 1 saturated heterocycles. The number of aromatic nitrogens is 1. The van der Waals surface area contributed by atoms with Crippen LogP contribution in [0.5, 0.6) is 0 Å². The summed E-state index contributed by atoms with van der Waals surface area (Å²) in [6.45, 7) is 5.30. The Morgan fingerprint density at radius 1 is 1.56 bits per heavy atom. The number of nitrogens with zero attached hydrogens (tertiary/aromatic N) is 1. The van der Waals surface area contributed by atoms with E-state index in [1.54, 1.807) is 11.3 Å². The molecule has 2 rings (SSSR count). The second-order valence-electron chi connectivity index (χ2n) is 4.41. The molecule has 3 nitrogen and oxygen atoms in total. The number of ether oxygens (including phenoxy) is 1. The molecule has 1 aliphatic heterocycles. The molecule has 0 saturated carbocycles. The van der Waals surface area contributed by atoms with Crippen LogP contribution >= 0.6 is 11.3 Å². The van der Waals surface area contributed by atoms with E-state index in [1.165, 1.54) is 0 Å². The lowest BCUT2D eigenvalue weighted by Gasteiger charge is -2.40. The first-order chi connectivity index (χ1) is 7.78. The largest absolute Gasteiger partial charge is 0.375 e. The second kappa shape index (κ2) is 5.15. The van der Waals surface area contributed by atoms with Gasteiger partial charge in [0.2, 0.25) is 0 Å². The van der Waals surface area contributed by atoms with Crippen molar-refractivity contribution in [2.45, 2.75) is 51.2 Å². The minimum absolute atomic E-state index is 0.0905. The van der Waals surface area contributed by atoms with E-state index in [9.17, 15) is 0 Å². The van der Waals surface area contributed by atoms with Gasteiger partial charge in [-0.1, -0.05) is 13.8 Å². The monoisotopic (exact) mass is 240 g/mol. The molecule has 0 radical (unpaired) electrons. The standard InChI is InChI=1S/C12H20N2OS/c1-3-12(4-2)9-10(5-7-15-12)14-11-13-6-8-16-11/h6,8,10H,3-5,7,9H2,1-2H3,(H,13,14). The van der Waals surface area contributed by atoms with Crippen molar-refractivity contribution in [1.82, 2.24) is 4.98 Å². The highest BCUT2D eigenvalue weighted by molar-refractivity contribution is 7.13. The number of hydrogen-bond acceptors (Lipinski definition) is 4. The summed E-state index contributed by atoms with van der Waals surface area (Å²) in [5.74, 6) is 0. The van der Waals surface area contributed by atoms with Crippen LogP contribution in [0.1, 0.15) is 39.5 Å². The van der Waals surface area contributed by atoms with Gasteiger partial charge in [0.1, 0.15) is 0 Å². The first-order valence-electron chi connectivity index (χ1n) is 6.08. The Kier molecular flexibility index (Phi) is 3.82. The number of hydrogen-bond donors (Lipinski definition) is 1. The molecular weight excluding hydrogens is 220 g/mol. The maximum Gasteiger partial charge on any atom is 0.182 e. The first kappa shape index (κ1) is 11.9. The molecule has 1 N–H and O–H groups in total. The summed E-state index contributed by atoms with van der Waals surface area (Å²) in [4.78, 5) is 4.28. The fourth-order valence-corrected chi connectivity index (χ4v) is 2.97. The van der Waals surface area contributed by atoms with Crippen molar-refractivity contribution in [3.8, 4) is 0 Å². The number of anilines is 1. The van der Waals surface area contributed by atoms with Crippen molar-refractivity contribution in [2.24, 2.45) is 0 Å². The molecule has 16 heavy (non-hydrogen) atoms. The maximum atomic E-state index is 5.96. The minimum atomic E-state index is 0.0905. The molecule has 90 valence electrons. The lowest BCUT2D eigenvalue weighted by Crippen LogP contribution is -2.43.